The van der Waals surface area contributed by atoms with Crippen LogP contribution in [0, 0.1) is 13.8 Å². The smallest absolute Gasteiger partial charge is 0.0635 e. The van der Waals surface area contributed by atoms with E-state index in [1.54, 1.807) is 0 Å². The molecule has 0 saturated heterocycles. The molecule has 0 aliphatic carbocycles. The van der Waals surface area contributed by atoms with E-state index < -0.39 is 8.07 Å². The normalized spacial score (nSPS) is 11.4. The molecule has 0 amide bonds. The van der Waals surface area contributed by atoms with Crippen LogP contribution < -0.4 is 10.6 Å². The van der Waals surface area contributed by atoms with Gasteiger partial charge in [0, 0.05) is 16.8 Å². The lowest BCUT2D eigenvalue weighted by atomic mass is 10.1. The number of aliphatic imine (C=N–C) groups is 1. The number of aromatic nitrogens is 1. The maximum atomic E-state index is 4.77. The van der Waals surface area contributed by atoms with Gasteiger partial charge in [-0.15, -0.1) is 0 Å². The average molecular weight is 382 g/mol. The summed E-state index contributed by atoms with van der Waals surface area (Å²) in [6.45, 7) is 4.22. The Kier molecular flexibility index (Phi) is 5.50. The van der Waals surface area contributed by atoms with Gasteiger partial charge in [-0.05, 0) is 49.2 Å². The Morgan fingerprint density at radius 1 is 0.714 bits per heavy atom. The van der Waals surface area contributed by atoms with Gasteiger partial charge in [0.1, 0.15) is 0 Å². The number of hydrogen-bond acceptors (Lipinski definition) is 1. The highest BCUT2D eigenvalue weighted by atomic mass is 31.1. The van der Waals surface area contributed by atoms with E-state index in [2.05, 4.69) is 115 Å². The summed E-state index contributed by atoms with van der Waals surface area (Å²) in [7, 11) is -0.697. The summed E-state index contributed by atoms with van der Waals surface area (Å²) < 4.78 is 2.35. The third-order valence-corrected chi connectivity index (χ3v) is 6.90. The zero-order valence-corrected chi connectivity index (χ0v) is 17.1. The number of benzene rings is 3. The summed E-state index contributed by atoms with van der Waals surface area (Å²) in [5.41, 5.74) is 4.57. The molecule has 3 aromatic carbocycles. The first-order chi connectivity index (χ1) is 13.7. The van der Waals surface area contributed by atoms with E-state index in [0.29, 0.717) is 0 Å². The van der Waals surface area contributed by atoms with Crippen LogP contribution in [0.1, 0.15) is 16.8 Å². The first-order valence-corrected chi connectivity index (χ1v) is 10.7. The van der Waals surface area contributed by atoms with Gasteiger partial charge < -0.3 is 4.34 Å². The lowest BCUT2D eigenvalue weighted by Crippen LogP contribution is -2.17. The van der Waals surface area contributed by atoms with Crippen LogP contribution in [0.25, 0.3) is 0 Å². The largest absolute Gasteiger partial charge is 0.317 e. The summed E-state index contributed by atoms with van der Waals surface area (Å²) in [5, 5.41) is 2.64. The van der Waals surface area contributed by atoms with Crippen LogP contribution in [-0.2, 0) is 0 Å². The van der Waals surface area contributed by atoms with E-state index in [1.807, 2.05) is 6.21 Å². The zero-order valence-electron chi connectivity index (χ0n) is 16.2. The van der Waals surface area contributed by atoms with E-state index in [-0.39, 0.29) is 0 Å². The average Bonchev–Trinajstić information content (AvgIpc) is 3.16. The molecule has 0 saturated carbocycles. The van der Waals surface area contributed by atoms with Crippen molar-refractivity contribution in [2.75, 3.05) is 0 Å². The Labute approximate surface area is 168 Å². The van der Waals surface area contributed by atoms with Crippen molar-refractivity contribution in [3.05, 3.63) is 114 Å². The molecule has 0 atom stereocenters. The monoisotopic (exact) mass is 382 g/mol. The summed E-state index contributed by atoms with van der Waals surface area (Å²) in [6.07, 6.45) is 4.14. The van der Waals surface area contributed by atoms with Crippen LogP contribution in [0.4, 0.5) is 5.69 Å². The Balaban J connectivity index is 1.75. The zero-order chi connectivity index (χ0) is 19.3. The van der Waals surface area contributed by atoms with Crippen LogP contribution in [-0.4, -0.2) is 10.6 Å². The van der Waals surface area contributed by atoms with E-state index >= 15 is 0 Å². The van der Waals surface area contributed by atoms with Crippen molar-refractivity contribution >= 4 is 30.6 Å². The molecule has 0 unspecified atom stereocenters. The quantitative estimate of drug-likeness (QED) is 0.309. The summed E-state index contributed by atoms with van der Waals surface area (Å²) in [5.74, 6) is 0. The number of rotatable bonds is 5. The van der Waals surface area contributed by atoms with Gasteiger partial charge in [-0.3, -0.25) is 4.99 Å². The van der Waals surface area contributed by atoms with Gasteiger partial charge in [0.2, 0.25) is 0 Å². The number of aryl methyl sites for hydroxylation is 2. The van der Waals surface area contributed by atoms with Gasteiger partial charge in [-0.1, -0.05) is 66.7 Å². The Morgan fingerprint density at radius 3 is 1.86 bits per heavy atom. The molecule has 28 heavy (non-hydrogen) atoms. The molecule has 1 heterocycles. The predicted molar refractivity (Wildman–Crippen MR) is 122 cm³/mol. The van der Waals surface area contributed by atoms with Gasteiger partial charge in [-0.2, -0.15) is 0 Å². The molecule has 138 valence electrons. The minimum Gasteiger partial charge on any atom is -0.317 e. The maximum absolute atomic E-state index is 4.77. The van der Waals surface area contributed by atoms with Crippen LogP contribution in [0.3, 0.4) is 0 Å². The van der Waals surface area contributed by atoms with Gasteiger partial charge in [0.15, 0.2) is 0 Å². The molecule has 4 rings (SSSR count). The summed E-state index contributed by atoms with van der Waals surface area (Å²) >= 11 is 0. The van der Waals surface area contributed by atoms with Gasteiger partial charge >= 0.3 is 0 Å². The summed E-state index contributed by atoms with van der Waals surface area (Å²) in [6, 6.07) is 32.1. The van der Waals surface area contributed by atoms with E-state index in [4.69, 9.17) is 4.99 Å². The third kappa shape index (κ3) is 4.13. The van der Waals surface area contributed by atoms with Gasteiger partial charge in [0.25, 0.3) is 0 Å². The lowest BCUT2D eigenvalue weighted by Gasteiger charge is -2.21. The molecular weight excluding hydrogens is 359 g/mol. The Morgan fingerprint density at radius 2 is 1.29 bits per heavy atom. The van der Waals surface area contributed by atoms with Crippen LogP contribution in [0.15, 0.2) is 102 Å². The second-order valence-electron chi connectivity index (χ2n) is 6.86. The van der Waals surface area contributed by atoms with E-state index in [0.717, 1.165) is 11.4 Å². The molecule has 2 nitrogen and oxygen atoms in total. The first-order valence-electron chi connectivity index (χ1n) is 9.41. The van der Waals surface area contributed by atoms with Crippen molar-refractivity contribution in [1.82, 2.24) is 4.34 Å². The summed E-state index contributed by atoms with van der Waals surface area (Å²) in [4.78, 5) is 4.77. The fourth-order valence-corrected chi connectivity index (χ4v) is 5.64. The lowest BCUT2D eigenvalue weighted by molar-refractivity contribution is 1.24. The molecule has 0 fully saturated rings. The fraction of sp³-hybridized carbons (Fsp3) is 0.0800. The molecule has 0 radical (unpaired) electrons. The molecule has 3 heteroatoms. The maximum Gasteiger partial charge on any atom is 0.0635 e. The molecule has 0 N–H and O–H groups in total. The van der Waals surface area contributed by atoms with Gasteiger partial charge in [-0.25, -0.2) is 0 Å². The standard InChI is InChI=1S/C25H23N2P/c1-20-16-21(2)18-22(17-20)26-19-23-10-9-15-27(23)28(24-11-5-3-6-12-24)25-13-7-4-8-14-25/h3-19H,1-2H3. The molecular formula is C25H23N2P. The molecule has 0 spiro atoms. The Bertz CT molecular complexity index is 1020. The van der Waals surface area contributed by atoms with Gasteiger partial charge in [0.05, 0.1) is 25.7 Å². The molecule has 1 aromatic heterocycles. The van der Waals surface area contributed by atoms with Crippen molar-refractivity contribution < 1.29 is 0 Å². The van der Waals surface area contributed by atoms with Crippen molar-refractivity contribution in [3.8, 4) is 0 Å². The van der Waals surface area contributed by atoms with E-state index in [9.17, 15) is 0 Å². The second-order valence-corrected chi connectivity index (χ2v) is 8.95. The number of nitrogens with zero attached hydrogens (tertiary/aromatic N) is 2. The predicted octanol–water partition coefficient (Wildman–Crippen LogP) is 5.75. The second kappa shape index (κ2) is 8.37. The number of hydrogen-bond donors (Lipinski definition) is 0. The van der Waals surface area contributed by atoms with Crippen molar-refractivity contribution in [2.24, 2.45) is 4.99 Å². The topological polar surface area (TPSA) is 17.3 Å². The van der Waals surface area contributed by atoms with Crippen LogP contribution in [0.5, 0.6) is 0 Å². The molecule has 0 aliphatic rings. The minimum atomic E-state index is -0.697. The van der Waals surface area contributed by atoms with Crippen molar-refractivity contribution in [3.63, 3.8) is 0 Å². The first kappa shape index (κ1) is 18.4. The highest BCUT2D eigenvalue weighted by molar-refractivity contribution is 7.71. The Hall–Kier alpha value is -2.96. The molecule has 4 aromatic rings. The minimum absolute atomic E-state index is 0.697. The third-order valence-electron chi connectivity index (χ3n) is 4.53. The van der Waals surface area contributed by atoms with Crippen molar-refractivity contribution in [1.29, 1.82) is 0 Å². The highest BCUT2D eigenvalue weighted by Gasteiger charge is 2.17. The SMILES string of the molecule is Cc1cc(C)cc(N=Cc2cccn2P(c2ccccc2)c2ccccc2)c1. The van der Waals surface area contributed by atoms with Crippen LogP contribution in [0.2, 0.25) is 0 Å². The van der Waals surface area contributed by atoms with Crippen molar-refractivity contribution in [2.45, 2.75) is 13.8 Å². The highest BCUT2D eigenvalue weighted by Crippen LogP contribution is 2.37. The molecule has 0 bridgehead atoms. The fourth-order valence-electron chi connectivity index (χ4n) is 3.37. The van der Waals surface area contributed by atoms with E-state index in [1.165, 1.54) is 21.7 Å². The molecule has 0 aliphatic heterocycles. The van der Waals surface area contributed by atoms with Crippen LogP contribution >= 0.6 is 8.07 Å².